The molecular formula is C14H15F3N4O. The molecule has 22 heavy (non-hydrogen) atoms. The molecule has 3 rings (SSSR count). The first-order chi connectivity index (χ1) is 10.5. The van der Waals surface area contributed by atoms with Gasteiger partial charge in [-0.2, -0.15) is 18.3 Å². The van der Waals surface area contributed by atoms with Gasteiger partial charge in [0.2, 0.25) is 0 Å². The van der Waals surface area contributed by atoms with E-state index < -0.39 is 11.7 Å². The van der Waals surface area contributed by atoms with Crippen LogP contribution >= 0.6 is 0 Å². The molecule has 2 aromatic heterocycles. The summed E-state index contributed by atoms with van der Waals surface area (Å²) in [5.74, 6) is -0.0382. The summed E-state index contributed by atoms with van der Waals surface area (Å²) in [7, 11) is 0. The number of hydrogen-bond donors (Lipinski definition) is 0. The van der Waals surface area contributed by atoms with E-state index in [0.29, 0.717) is 26.2 Å². The van der Waals surface area contributed by atoms with Crippen molar-refractivity contribution in [1.82, 2.24) is 14.8 Å². The molecule has 0 aromatic carbocycles. The molecule has 0 saturated carbocycles. The Morgan fingerprint density at radius 1 is 1.27 bits per heavy atom. The molecule has 0 N–H and O–H groups in total. The van der Waals surface area contributed by atoms with Crippen LogP contribution in [0.4, 0.5) is 19.0 Å². The fourth-order valence-corrected chi connectivity index (χ4v) is 2.51. The molecule has 5 nitrogen and oxygen atoms in total. The second-order valence-electron chi connectivity index (χ2n) is 5.04. The lowest BCUT2D eigenvalue weighted by Gasteiger charge is -2.34. The Morgan fingerprint density at radius 2 is 2.14 bits per heavy atom. The van der Waals surface area contributed by atoms with Gasteiger partial charge in [-0.25, -0.2) is 4.98 Å². The van der Waals surface area contributed by atoms with E-state index >= 15 is 0 Å². The minimum atomic E-state index is -4.42. The Morgan fingerprint density at radius 3 is 2.86 bits per heavy atom. The summed E-state index contributed by atoms with van der Waals surface area (Å²) >= 11 is 0. The second kappa shape index (κ2) is 5.96. The monoisotopic (exact) mass is 312 g/mol. The summed E-state index contributed by atoms with van der Waals surface area (Å²) < 4.78 is 46.6. The molecule has 0 amide bonds. The topological polar surface area (TPSA) is 43.2 Å². The molecule has 3 heterocycles. The normalized spacial score (nSPS) is 19.4. The lowest BCUT2D eigenvalue weighted by molar-refractivity contribution is -0.137. The van der Waals surface area contributed by atoms with E-state index in [1.807, 2.05) is 0 Å². The largest absolute Gasteiger partial charge is 0.419 e. The molecule has 0 aliphatic carbocycles. The predicted molar refractivity (Wildman–Crippen MR) is 73.4 cm³/mol. The molecular weight excluding hydrogens is 297 g/mol. The Kier molecular flexibility index (Phi) is 4.02. The van der Waals surface area contributed by atoms with Crippen LogP contribution in [0.5, 0.6) is 0 Å². The third-order valence-electron chi connectivity index (χ3n) is 3.48. The average molecular weight is 312 g/mol. The Bertz CT molecular complexity index is 615. The summed E-state index contributed by atoms with van der Waals surface area (Å²) in [5.41, 5.74) is -0.713. The maximum absolute atomic E-state index is 13.1. The lowest BCUT2D eigenvalue weighted by atomic mass is 10.2. The van der Waals surface area contributed by atoms with Crippen LogP contribution in [-0.4, -0.2) is 40.6 Å². The molecule has 1 aliphatic rings. The minimum absolute atomic E-state index is 0.0382. The first kappa shape index (κ1) is 14.8. The lowest BCUT2D eigenvalue weighted by Crippen LogP contribution is -2.45. The van der Waals surface area contributed by atoms with Gasteiger partial charge in [0.15, 0.2) is 0 Å². The zero-order chi connectivity index (χ0) is 15.6. The zero-order valence-corrected chi connectivity index (χ0v) is 11.7. The van der Waals surface area contributed by atoms with Crippen molar-refractivity contribution in [1.29, 1.82) is 0 Å². The van der Waals surface area contributed by atoms with Crippen LogP contribution in [-0.2, 0) is 17.5 Å². The molecule has 1 saturated heterocycles. The summed E-state index contributed by atoms with van der Waals surface area (Å²) in [4.78, 5) is 5.55. The number of ether oxygens (including phenoxy) is 1. The Hall–Kier alpha value is -2.09. The van der Waals surface area contributed by atoms with Gasteiger partial charge in [-0.1, -0.05) is 0 Å². The maximum atomic E-state index is 13.1. The quantitative estimate of drug-likeness (QED) is 0.871. The standard InChI is InChI=1S/C14H15F3N4O/c15-14(16,17)12-3-1-4-18-13(12)20-7-8-22-11(9-20)10-21-6-2-5-19-21/h1-6,11H,7-10H2. The first-order valence-corrected chi connectivity index (χ1v) is 6.90. The van der Waals surface area contributed by atoms with Gasteiger partial charge in [-0.15, -0.1) is 0 Å². The smallest absolute Gasteiger partial charge is 0.373 e. The van der Waals surface area contributed by atoms with Gasteiger partial charge in [-0.3, -0.25) is 4.68 Å². The van der Waals surface area contributed by atoms with Crippen molar-refractivity contribution in [3.8, 4) is 0 Å². The van der Waals surface area contributed by atoms with Crippen LogP contribution in [0.2, 0.25) is 0 Å². The highest BCUT2D eigenvalue weighted by Gasteiger charge is 2.36. The number of pyridine rings is 1. The Labute approximate surface area is 125 Å². The van der Waals surface area contributed by atoms with E-state index in [2.05, 4.69) is 10.1 Å². The highest BCUT2D eigenvalue weighted by molar-refractivity contribution is 5.48. The van der Waals surface area contributed by atoms with E-state index in [4.69, 9.17) is 4.74 Å². The van der Waals surface area contributed by atoms with E-state index in [0.717, 1.165) is 6.07 Å². The molecule has 1 atom stereocenters. The first-order valence-electron chi connectivity index (χ1n) is 6.90. The molecule has 1 fully saturated rings. The fourth-order valence-electron chi connectivity index (χ4n) is 2.51. The van der Waals surface area contributed by atoms with Gasteiger partial charge in [0.05, 0.1) is 24.8 Å². The van der Waals surface area contributed by atoms with Crippen molar-refractivity contribution in [2.45, 2.75) is 18.8 Å². The molecule has 0 bridgehead atoms. The number of rotatable bonds is 3. The molecule has 1 aliphatic heterocycles. The number of morpholine rings is 1. The number of hydrogen-bond acceptors (Lipinski definition) is 4. The summed E-state index contributed by atoms with van der Waals surface area (Å²) in [5, 5.41) is 4.09. The van der Waals surface area contributed by atoms with Gasteiger partial charge >= 0.3 is 6.18 Å². The third kappa shape index (κ3) is 3.22. The van der Waals surface area contributed by atoms with Crippen LogP contribution in [0.15, 0.2) is 36.8 Å². The third-order valence-corrected chi connectivity index (χ3v) is 3.48. The van der Waals surface area contributed by atoms with Crippen molar-refractivity contribution >= 4 is 5.82 Å². The van der Waals surface area contributed by atoms with E-state index in [1.54, 1.807) is 28.0 Å². The van der Waals surface area contributed by atoms with Gasteiger partial charge in [0.1, 0.15) is 5.82 Å². The SMILES string of the molecule is FC(F)(F)c1cccnc1N1CCOC(Cn2cccn2)C1. The predicted octanol–water partition coefficient (Wildman–Crippen LogP) is 2.20. The van der Waals surface area contributed by atoms with Gasteiger partial charge in [-0.05, 0) is 18.2 Å². The molecule has 118 valence electrons. The van der Waals surface area contributed by atoms with Gasteiger partial charge in [0, 0.05) is 31.7 Å². The number of nitrogens with zero attached hydrogens (tertiary/aromatic N) is 4. The number of anilines is 1. The van der Waals surface area contributed by atoms with E-state index in [-0.39, 0.29) is 11.9 Å². The van der Waals surface area contributed by atoms with Crippen LogP contribution in [0.1, 0.15) is 5.56 Å². The van der Waals surface area contributed by atoms with Crippen molar-refractivity contribution in [2.75, 3.05) is 24.6 Å². The average Bonchev–Trinajstić information content (AvgIpc) is 3.00. The van der Waals surface area contributed by atoms with E-state index in [1.165, 1.54) is 12.3 Å². The highest BCUT2D eigenvalue weighted by Crippen LogP contribution is 2.35. The van der Waals surface area contributed by atoms with Crippen molar-refractivity contribution in [3.05, 3.63) is 42.4 Å². The molecule has 0 radical (unpaired) electrons. The second-order valence-corrected chi connectivity index (χ2v) is 5.04. The van der Waals surface area contributed by atoms with Crippen molar-refractivity contribution < 1.29 is 17.9 Å². The molecule has 8 heteroatoms. The number of halogens is 3. The summed E-state index contributed by atoms with van der Waals surface area (Å²) in [6, 6.07) is 4.15. The number of alkyl halides is 3. The van der Waals surface area contributed by atoms with Crippen LogP contribution in [0, 0.1) is 0 Å². The van der Waals surface area contributed by atoms with E-state index in [9.17, 15) is 13.2 Å². The summed E-state index contributed by atoms with van der Waals surface area (Å²) in [6.07, 6.45) is 0.185. The fraction of sp³-hybridized carbons (Fsp3) is 0.429. The van der Waals surface area contributed by atoms with Crippen molar-refractivity contribution in [2.24, 2.45) is 0 Å². The van der Waals surface area contributed by atoms with Crippen LogP contribution in [0.3, 0.4) is 0 Å². The maximum Gasteiger partial charge on any atom is 0.419 e. The van der Waals surface area contributed by atoms with Gasteiger partial charge < -0.3 is 9.64 Å². The summed E-state index contributed by atoms with van der Waals surface area (Å²) in [6.45, 7) is 1.59. The molecule has 0 spiro atoms. The molecule has 1 unspecified atom stereocenters. The Balaban J connectivity index is 1.77. The molecule has 2 aromatic rings. The highest BCUT2D eigenvalue weighted by atomic mass is 19.4. The number of aromatic nitrogens is 3. The van der Waals surface area contributed by atoms with Crippen LogP contribution < -0.4 is 4.90 Å². The van der Waals surface area contributed by atoms with Crippen molar-refractivity contribution in [3.63, 3.8) is 0 Å². The zero-order valence-electron chi connectivity index (χ0n) is 11.7. The van der Waals surface area contributed by atoms with Gasteiger partial charge in [0.25, 0.3) is 0 Å². The van der Waals surface area contributed by atoms with Crippen LogP contribution in [0.25, 0.3) is 0 Å². The minimum Gasteiger partial charge on any atom is -0.373 e.